The Morgan fingerprint density at radius 2 is 1.67 bits per heavy atom. The first kappa shape index (κ1) is 13.4. The molecule has 3 aromatic heterocycles. The molecule has 0 aliphatic rings. The SMILES string of the molecule is Cc1cc(C(Cc2ccccn2)c2ccccn2)ccn1. The Hall–Kier alpha value is -2.55. The van der Waals surface area contributed by atoms with Gasteiger partial charge in [-0.3, -0.25) is 15.0 Å². The number of aryl methyl sites for hydroxylation is 1. The second-order valence-electron chi connectivity index (χ2n) is 5.06. The molecule has 3 heteroatoms. The van der Waals surface area contributed by atoms with Crippen molar-refractivity contribution < 1.29 is 0 Å². The minimum atomic E-state index is 0.197. The van der Waals surface area contributed by atoms with Crippen molar-refractivity contribution in [3.63, 3.8) is 0 Å². The largest absolute Gasteiger partial charge is 0.262 e. The summed E-state index contributed by atoms with van der Waals surface area (Å²) in [5.41, 5.74) is 4.39. The van der Waals surface area contributed by atoms with Gasteiger partial charge in [-0.05, 0) is 48.9 Å². The van der Waals surface area contributed by atoms with Crippen molar-refractivity contribution in [1.82, 2.24) is 15.0 Å². The maximum Gasteiger partial charge on any atom is 0.0482 e. The fourth-order valence-corrected chi connectivity index (χ4v) is 2.49. The molecule has 1 atom stereocenters. The Labute approximate surface area is 124 Å². The second-order valence-corrected chi connectivity index (χ2v) is 5.06. The highest BCUT2D eigenvalue weighted by molar-refractivity contribution is 5.30. The molecule has 3 nitrogen and oxygen atoms in total. The van der Waals surface area contributed by atoms with Crippen LogP contribution in [0.15, 0.2) is 67.1 Å². The lowest BCUT2D eigenvalue weighted by Crippen LogP contribution is -2.08. The topological polar surface area (TPSA) is 38.7 Å². The van der Waals surface area contributed by atoms with Crippen LogP contribution in [-0.2, 0) is 6.42 Å². The van der Waals surface area contributed by atoms with Crippen LogP contribution < -0.4 is 0 Å². The third-order valence-corrected chi connectivity index (χ3v) is 3.51. The van der Waals surface area contributed by atoms with Crippen LogP contribution in [0, 0.1) is 6.92 Å². The third-order valence-electron chi connectivity index (χ3n) is 3.51. The van der Waals surface area contributed by atoms with E-state index in [-0.39, 0.29) is 5.92 Å². The Balaban J connectivity index is 1.99. The van der Waals surface area contributed by atoms with Crippen LogP contribution >= 0.6 is 0 Å². The maximum absolute atomic E-state index is 4.53. The molecule has 0 bridgehead atoms. The first-order valence-corrected chi connectivity index (χ1v) is 7.06. The van der Waals surface area contributed by atoms with Gasteiger partial charge in [0.05, 0.1) is 0 Å². The third kappa shape index (κ3) is 3.31. The second kappa shape index (κ2) is 6.27. The molecular weight excluding hydrogens is 258 g/mol. The Bertz CT molecular complexity index is 696. The van der Waals surface area contributed by atoms with Gasteiger partial charge in [-0.25, -0.2) is 0 Å². The van der Waals surface area contributed by atoms with Crippen molar-refractivity contribution >= 4 is 0 Å². The lowest BCUT2D eigenvalue weighted by Gasteiger charge is -2.17. The first-order chi connectivity index (χ1) is 10.3. The van der Waals surface area contributed by atoms with Crippen molar-refractivity contribution in [2.75, 3.05) is 0 Å². The van der Waals surface area contributed by atoms with Crippen LogP contribution in [-0.4, -0.2) is 15.0 Å². The summed E-state index contributed by atoms with van der Waals surface area (Å²) in [7, 11) is 0. The van der Waals surface area contributed by atoms with Crippen LogP contribution in [0.4, 0.5) is 0 Å². The van der Waals surface area contributed by atoms with E-state index in [4.69, 9.17) is 0 Å². The van der Waals surface area contributed by atoms with Crippen molar-refractivity contribution in [3.05, 3.63) is 89.8 Å². The van der Waals surface area contributed by atoms with E-state index in [2.05, 4.69) is 39.2 Å². The number of nitrogens with zero attached hydrogens (tertiary/aromatic N) is 3. The molecular formula is C18H17N3. The van der Waals surface area contributed by atoms with Gasteiger partial charge < -0.3 is 0 Å². The van der Waals surface area contributed by atoms with E-state index in [0.29, 0.717) is 0 Å². The maximum atomic E-state index is 4.53. The lowest BCUT2D eigenvalue weighted by atomic mass is 9.90. The van der Waals surface area contributed by atoms with Crippen molar-refractivity contribution in [3.8, 4) is 0 Å². The van der Waals surface area contributed by atoms with Gasteiger partial charge in [-0.1, -0.05) is 12.1 Å². The molecule has 0 aromatic carbocycles. The molecule has 0 amide bonds. The quantitative estimate of drug-likeness (QED) is 0.731. The zero-order valence-corrected chi connectivity index (χ0v) is 12.0. The smallest absolute Gasteiger partial charge is 0.0482 e. The molecule has 0 aliphatic heterocycles. The van der Waals surface area contributed by atoms with Crippen LogP contribution in [0.25, 0.3) is 0 Å². The van der Waals surface area contributed by atoms with Gasteiger partial charge >= 0.3 is 0 Å². The van der Waals surface area contributed by atoms with Gasteiger partial charge in [0.25, 0.3) is 0 Å². The fourth-order valence-electron chi connectivity index (χ4n) is 2.49. The van der Waals surface area contributed by atoms with E-state index in [1.165, 1.54) is 5.56 Å². The minimum absolute atomic E-state index is 0.197. The Kier molecular flexibility index (Phi) is 4.01. The summed E-state index contributed by atoms with van der Waals surface area (Å²) in [6.07, 6.45) is 6.37. The molecule has 3 aromatic rings. The molecule has 0 fully saturated rings. The number of aromatic nitrogens is 3. The van der Waals surface area contributed by atoms with Gasteiger partial charge in [-0.15, -0.1) is 0 Å². The monoisotopic (exact) mass is 275 g/mol. The molecule has 104 valence electrons. The molecule has 0 N–H and O–H groups in total. The fraction of sp³-hybridized carbons (Fsp3) is 0.167. The highest BCUT2D eigenvalue weighted by Crippen LogP contribution is 2.26. The highest BCUT2D eigenvalue weighted by Gasteiger charge is 2.17. The summed E-state index contributed by atoms with van der Waals surface area (Å²) in [5, 5.41) is 0. The number of pyridine rings is 3. The molecule has 3 rings (SSSR count). The number of hydrogen-bond donors (Lipinski definition) is 0. The van der Waals surface area contributed by atoms with Gasteiger partial charge in [0.2, 0.25) is 0 Å². The number of hydrogen-bond acceptors (Lipinski definition) is 3. The summed E-state index contributed by atoms with van der Waals surface area (Å²) >= 11 is 0. The van der Waals surface area contributed by atoms with E-state index in [1.54, 1.807) is 0 Å². The summed E-state index contributed by atoms with van der Waals surface area (Å²) in [6.45, 7) is 2.01. The Morgan fingerprint density at radius 1 is 0.857 bits per heavy atom. The van der Waals surface area contributed by atoms with E-state index >= 15 is 0 Å². The van der Waals surface area contributed by atoms with Crippen LogP contribution in [0.2, 0.25) is 0 Å². The van der Waals surface area contributed by atoms with Crippen LogP contribution in [0.3, 0.4) is 0 Å². The van der Waals surface area contributed by atoms with Gasteiger partial charge in [0.1, 0.15) is 0 Å². The zero-order valence-electron chi connectivity index (χ0n) is 12.0. The highest BCUT2D eigenvalue weighted by atomic mass is 14.7. The average molecular weight is 275 g/mol. The average Bonchev–Trinajstić information content (AvgIpc) is 2.54. The predicted molar refractivity (Wildman–Crippen MR) is 83.0 cm³/mol. The normalized spacial score (nSPS) is 12.0. The molecule has 0 aliphatic carbocycles. The van der Waals surface area contributed by atoms with E-state index in [0.717, 1.165) is 23.5 Å². The van der Waals surface area contributed by atoms with E-state index < -0.39 is 0 Å². The molecule has 0 radical (unpaired) electrons. The van der Waals surface area contributed by atoms with E-state index in [1.807, 2.05) is 49.8 Å². The van der Waals surface area contributed by atoms with Crippen molar-refractivity contribution in [1.29, 1.82) is 0 Å². The van der Waals surface area contributed by atoms with Crippen molar-refractivity contribution in [2.24, 2.45) is 0 Å². The van der Waals surface area contributed by atoms with Crippen LogP contribution in [0.1, 0.15) is 28.6 Å². The van der Waals surface area contributed by atoms with Crippen molar-refractivity contribution in [2.45, 2.75) is 19.3 Å². The van der Waals surface area contributed by atoms with Gasteiger partial charge in [0, 0.05) is 48.0 Å². The van der Waals surface area contributed by atoms with E-state index in [9.17, 15) is 0 Å². The Morgan fingerprint density at radius 3 is 2.33 bits per heavy atom. The molecule has 0 spiro atoms. The van der Waals surface area contributed by atoms with Gasteiger partial charge in [-0.2, -0.15) is 0 Å². The zero-order chi connectivity index (χ0) is 14.5. The van der Waals surface area contributed by atoms with Gasteiger partial charge in [0.15, 0.2) is 0 Å². The molecule has 1 unspecified atom stereocenters. The molecule has 0 saturated carbocycles. The summed E-state index contributed by atoms with van der Waals surface area (Å²) in [6, 6.07) is 16.3. The molecule has 21 heavy (non-hydrogen) atoms. The number of rotatable bonds is 4. The first-order valence-electron chi connectivity index (χ1n) is 7.06. The molecule has 0 saturated heterocycles. The lowest BCUT2D eigenvalue weighted by molar-refractivity contribution is 0.752. The van der Waals surface area contributed by atoms with Crippen LogP contribution in [0.5, 0.6) is 0 Å². The summed E-state index contributed by atoms with van der Waals surface area (Å²) in [4.78, 5) is 13.3. The summed E-state index contributed by atoms with van der Waals surface area (Å²) < 4.78 is 0. The standard InChI is InChI=1S/C18H17N3/c1-14-12-15(8-11-19-14)17(18-7-3-5-10-21-18)13-16-6-2-4-9-20-16/h2-12,17H,13H2,1H3. The summed E-state index contributed by atoms with van der Waals surface area (Å²) in [5.74, 6) is 0.197. The molecule has 3 heterocycles. The minimum Gasteiger partial charge on any atom is -0.262 e. The predicted octanol–water partition coefficient (Wildman–Crippen LogP) is 3.55.